The van der Waals surface area contributed by atoms with Crippen molar-refractivity contribution in [2.75, 3.05) is 6.61 Å². The summed E-state index contributed by atoms with van der Waals surface area (Å²) in [4.78, 5) is 0. The lowest BCUT2D eigenvalue weighted by Gasteiger charge is -2.13. The third-order valence-electron chi connectivity index (χ3n) is 2.19. The molecule has 0 fully saturated rings. The van der Waals surface area contributed by atoms with E-state index in [1.807, 2.05) is 26.8 Å². The highest BCUT2D eigenvalue weighted by molar-refractivity contribution is 5.36. The van der Waals surface area contributed by atoms with Crippen molar-refractivity contribution in [2.24, 2.45) is 5.73 Å². The first-order valence-electron chi connectivity index (χ1n) is 5.32. The molecule has 1 aromatic carbocycles. The van der Waals surface area contributed by atoms with Crippen molar-refractivity contribution in [2.45, 2.75) is 26.8 Å². The van der Waals surface area contributed by atoms with Gasteiger partial charge in [-0.1, -0.05) is 5.57 Å². The van der Waals surface area contributed by atoms with Gasteiger partial charge in [-0.15, -0.1) is 0 Å². The molecule has 0 radical (unpaired) electrons. The summed E-state index contributed by atoms with van der Waals surface area (Å²) in [6.07, 6.45) is 1.97. The summed E-state index contributed by atoms with van der Waals surface area (Å²) >= 11 is 0. The van der Waals surface area contributed by atoms with Gasteiger partial charge in [-0.05, 0) is 45.0 Å². The third kappa shape index (κ3) is 3.66. The van der Waals surface area contributed by atoms with Crippen molar-refractivity contribution < 1.29 is 9.13 Å². The van der Waals surface area contributed by atoms with Crippen LogP contribution < -0.4 is 10.5 Å². The predicted molar refractivity (Wildman–Crippen MR) is 63.9 cm³/mol. The second-order valence-electron chi connectivity index (χ2n) is 4.06. The average Bonchev–Trinajstić information content (AvgIpc) is 2.19. The molecule has 0 amide bonds. The van der Waals surface area contributed by atoms with Crippen LogP contribution in [0.5, 0.6) is 5.75 Å². The number of ether oxygens (including phenoxy) is 1. The standard InChI is InChI=1S/C13H18FNO/c1-9(2)6-7-16-13-5-4-11(14)8-12(13)10(3)15/h4-6,8,10H,7,15H2,1-3H3. The van der Waals surface area contributed by atoms with Crippen molar-refractivity contribution in [3.8, 4) is 5.75 Å². The molecular formula is C13H18FNO. The Morgan fingerprint density at radius 3 is 2.75 bits per heavy atom. The van der Waals surface area contributed by atoms with Gasteiger partial charge in [0.15, 0.2) is 0 Å². The Kier molecular flexibility index (Phi) is 4.50. The maximum absolute atomic E-state index is 13.0. The molecule has 3 heteroatoms. The summed E-state index contributed by atoms with van der Waals surface area (Å²) in [5.41, 5.74) is 7.63. The first kappa shape index (κ1) is 12.7. The number of allylic oxidation sites excluding steroid dienone is 1. The van der Waals surface area contributed by atoms with Crippen LogP contribution in [-0.2, 0) is 0 Å². The largest absolute Gasteiger partial charge is 0.489 e. The van der Waals surface area contributed by atoms with Crippen molar-refractivity contribution in [3.05, 3.63) is 41.2 Å². The van der Waals surface area contributed by atoms with E-state index in [0.29, 0.717) is 17.9 Å². The van der Waals surface area contributed by atoms with Crippen LogP contribution in [0.4, 0.5) is 4.39 Å². The Hall–Kier alpha value is -1.35. The van der Waals surface area contributed by atoms with Crippen LogP contribution in [0.25, 0.3) is 0 Å². The fourth-order valence-corrected chi connectivity index (χ4v) is 1.30. The maximum Gasteiger partial charge on any atom is 0.124 e. The van der Waals surface area contributed by atoms with Crippen LogP contribution in [0.3, 0.4) is 0 Å². The van der Waals surface area contributed by atoms with Gasteiger partial charge in [0.05, 0.1) is 0 Å². The quantitative estimate of drug-likeness (QED) is 0.795. The molecule has 88 valence electrons. The van der Waals surface area contributed by atoms with Gasteiger partial charge >= 0.3 is 0 Å². The molecule has 16 heavy (non-hydrogen) atoms. The summed E-state index contributed by atoms with van der Waals surface area (Å²) in [5, 5.41) is 0. The molecule has 2 N–H and O–H groups in total. The summed E-state index contributed by atoms with van der Waals surface area (Å²) < 4.78 is 18.6. The fraction of sp³-hybridized carbons (Fsp3) is 0.385. The molecule has 1 rings (SSSR count). The zero-order valence-corrected chi connectivity index (χ0v) is 9.96. The monoisotopic (exact) mass is 223 g/mol. The topological polar surface area (TPSA) is 35.2 Å². The number of rotatable bonds is 4. The fourth-order valence-electron chi connectivity index (χ4n) is 1.30. The Morgan fingerprint density at radius 2 is 2.19 bits per heavy atom. The Balaban J connectivity index is 2.82. The van der Waals surface area contributed by atoms with Gasteiger partial charge in [0, 0.05) is 11.6 Å². The van der Waals surface area contributed by atoms with E-state index in [2.05, 4.69) is 0 Å². The second-order valence-corrected chi connectivity index (χ2v) is 4.06. The molecule has 1 atom stereocenters. The van der Waals surface area contributed by atoms with Crippen LogP contribution in [-0.4, -0.2) is 6.61 Å². The first-order valence-corrected chi connectivity index (χ1v) is 5.32. The maximum atomic E-state index is 13.0. The van der Waals surface area contributed by atoms with Gasteiger partial charge in [0.25, 0.3) is 0 Å². The van der Waals surface area contributed by atoms with Crippen LogP contribution in [0.1, 0.15) is 32.4 Å². The molecule has 0 bridgehead atoms. The predicted octanol–water partition coefficient (Wildman–Crippen LogP) is 3.19. The number of benzene rings is 1. The first-order chi connectivity index (χ1) is 7.50. The summed E-state index contributed by atoms with van der Waals surface area (Å²) in [7, 11) is 0. The van der Waals surface area contributed by atoms with Gasteiger partial charge in [-0.25, -0.2) is 4.39 Å². The minimum atomic E-state index is -0.290. The molecular weight excluding hydrogens is 205 g/mol. The van der Waals surface area contributed by atoms with E-state index >= 15 is 0 Å². The van der Waals surface area contributed by atoms with E-state index in [0.717, 1.165) is 0 Å². The van der Waals surface area contributed by atoms with E-state index in [9.17, 15) is 4.39 Å². The van der Waals surface area contributed by atoms with Crippen LogP contribution in [0.2, 0.25) is 0 Å². The van der Waals surface area contributed by atoms with Crippen LogP contribution >= 0.6 is 0 Å². The van der Waals surface area contributed by atoms with Gasteiger partial charge in [-0.2, -0.15) is 0 Å². The molecule has 0 aliphatic heterocycles. The van der Waals surface area contributed by atoms with Gasteiger partial charge < -0.3 is 10.5 Å². The number of nitrogens with two attached hydrogens (primary N) is 1. The van der Waals surface area contributed by atoms with Crippen molar-refractivity contribution >= 4 is 0 Å². The van der Waals surface area contributed by atoms with E-state index in [4.69, 9.17) is 10.5 Å². The van der Waals surface area contributed by atoms with Crippen LogP contribution in [0, 0.1) is 5.82 Å². The third-order valence-corrected chi connectivity index (χ3v) is 2.19. The highest BCUT2D eigenvalue weighted by atomic mass is 19.1. The normalized spacial score (nSPS) is 12.1. The lowest BCUT2D eigenvalue weighted by atomic mass is 10.1. The SMILES string of the molecule is CC(C)=CCOc1ccc(F)cc1C(C)N. The molecule has 0 aliphatic carbocycles. The minimum Gasteiger partial charge on any atom is -0.489 e. The van der Waals surface area contributed by atoms with Gasteiger partial charge in [-0.3, -0.25) is 0 Å². The highest BCUT2D eigenvalue weighted by Crippen LogP contribution is 2.24. The zero-order valence-electron chi connectivity index (χ0n) is 9.96. The molecule has 0 aromatic heterocycles. The molecule has 0 aliphatic rings. The number of hydrogen-bond donors (Lipinski definition) is 1. The lowest BCUT2D eigenvalue weighted by molar-refractivity contribution is 0.355. The van der Waals surface area contributed by atoms with Gasteiger partial charge in [0.2, 0.25) is 0 Å². The van der Waals surface area contributed by atoms with Crippen molar-refractivity contribution in [3.63, 3.8) is 0 Å². The zero-order chi connectivity index (χ0) is 12.1. The van der Waals surface area contributed by atoms with E-state index in [-0.39, 0.29) is 11.9 Å². The molecule has 0 heterocycles. The summed E-state index contributed by atoms with van der Waals surface area (Å²) in [6, 6.07) is 4.18. The van der Waals surface area contributed by atoms with Crippen molar-refractivity contribution in [1.82, 2.24) is 0 Å². The summed E-state index contributed by atoms with van der Waals surface area (Å²) in [6.45, 7) is 6.29. The Morgan fingerprint density at radius 1 is 1.50 bits per heavy atom. The average molecular weight is 223 g/mol. The van der Waals surface area contributed by atoms with E-state index in [1.54, 1.807) is 6.07 Å². The molecule has 0 spiro atoms. The molecule has 1 unspecified atom stereocenters. The van der Waals surface area contributed by atoms with E-state index in [1.165, 1.54) is 17.7 Å². The van der Waals surface area contributed by atoms with E-state index < -0.39 is 0 Å². The molecule has 2 nitrogen and oxygen atoms in total. The smallest absolute Gasteiger partial charge is 0.124 e. The summed E-state index contributed by atoms with van der Waals surface area (Å²) in [5.74, 6) is 0.357. The Bertz CT molecular complexity index is 382. The molecule has 1 aromatic rings. The number of hydrogen-bond acceptors (Lipinski definition) is 2. The lowest BCUT2D eigenvalue weighted by Crippen LogP contribution is -2.08. The Labute approximate surface area is 95.9 Å². The highest BCUT2D eigenvalue weighted by Gasteiger charge is 2.08. The van der Waals surface area contributed by atoms with Crippen molar-refractivity contribution in [1.29, 1.82) is 0 Å². The van der Waals surface area contributed by atoms with Gasteiger partial charge in [0.1, 0.15) is 18.2 Å². The second kappa shape index (κ2) is 5.66. The molecule has 0 saturated heterocycles. The number of halogens is 1. The minimum absolute atomic E-state index is 0.239. The van der Waals surface area contributed by atoms with Crippen LogP contribution in [0.15, 0.2) is 29.8 Å². The molecule has 0 saturated carbocycles.